The SMILES string of the molecule is C=C(B(O)O)c1ccccc1.C=C(c1ccccc1)c1cc(-c2c(C)noc2C)cc2[nH]c(N)nc12.Cc1noc(C)c1-c1cc(I)c2nc(N)[nH]c2c1. The summed E-state index contributed by atoms with van der Waals surface area (Å²) in [4.78, 5) is 14.9. The molecule has 0 bridgehead atoms. The van der Waals surface area contributed by atoms with Crippen molar-refractivity contribution in [3.8, 4) is 22.3 Å². The minimum absolute atomic E-state index is 0.325. The molecule has 272 valence electrons. The first-order valence-corrected chi connectivity index (χ1v) is 17.9. The molecule has 4 heterocycles. The molecule has 0 unspecified atom stereocenters. The molecule has 0 aliphatic heterocycles. The molecular weight excluding hydrogens is 794 g/mol. The number of benzene rings is 4. The predicted molar refractivity (Wildman–Crippen MR) is 224 cm³/mol. The molecule has 0 amide bonds. The normalized spacial score (nSPS) is 10.8. The number of anilines is 2. The Morgan fingerprint density at radius 2 is 1.15 bits per heavy atom. The number of H-pyrrole nitrogens is 2. The van der Waals surface area contributed by atoms with Gasteiger partial charge in [-0.05, 0) is 108 Å². The topological polar surface area (TPSA) is 202 Å². The van der Waals surface area contributed by atoms with Gasteiger partial charge in [-0.3, -0.25) is 0 Å². The maximum atomic E-state index is 8.73. The van der Waals surface area contributed by atoms with E-state index >= 15 is 0 Å². The maximum Gasteiger partial charge on any atom is 0.488 e. The average Bonchev–Trinajstić information content (AvgIpc) is 3.92. The van der Waals surface area contributed by atoms with Crippen LogP contribution in [-0.4, -0.2) is 47.4 Å². The number of rotatable bonds is 6. The van der Waals surface area contributed by atoms with Gasteiger partial charge in [0, 0.05) is 20.3 Å². The summed E-state index contributed by atoms with van der Waals surface area (Å²) in [5.41, 5.74) is 24.8. The number of nitrogens with zero attached hydrogens (tertiary/aromatic N) is 4. The van der Waals surface area contributed by atoms with Crippen molar-refractivity contribution in [3.63, 3.8) is 0 Å². The molecular formula is C40H38BIN8O4. The van der Waals surface area contributed by atoms with Crippen LogP contribution in [0.1, 0.15) is 39.6 Å². The summed E-state index contributed by atoms with van der Waals surface area (Å²) >= 11 is 2.26. The Bertz CT molecular complexity index is 2570. The fourth-order valence-electron chi connectivity index (χ4n) is 6.14. The molecule has 12 nitrogen and oxygen atoms in total. The molecule has 4 aromatic carbocycles. The van der Waals surface area contributed by atoms with E-state index in [1.165, 1.54) is 0 Å². The Kier molecular flexibility index (Phi) is 11.2. The Hall–Kier alpha value is -5.97. The lowest BCUT2D eigenvalue weighted by Gasteiger charge is -2.10. The highest BCUT2D eigenvalue weighted by atomic mass is 127. The summed E-state index contributed by atoms with van der Waals surface area (Å²) < 4.78 is 11.6. The third-order valence-electron chi connectivity index (χ3n) is 8.71. The molecule has 8 aromatic rings. The first kappa shape index (κ1) is 37.8. The van der Waals surface area contributed by atoms with E-state index in [2.05, 4.69) is 78.1 Å². The number of imidazole rings is 2. The largest absolute Gasteiger partial charge is 0.488 e. The van der Waals surface area contributed by atoms with Gasteiger partial charge in [-0.2, -0.15) is 0 Å². The number of halogens is 1. The number of nitrogens with one attached hydrogen (secondary N) is 2. The zero-order valence-electron chi connectivity index (χ0n) is 30.1. The number of fused-ring (bicyclic) bond motifs is 2. The summed E-state index contributed by atoms with van der Waals surface area (Å²) in [5, 5.41) is 25.5. The van der Waals surface area contributed by atoms with E-state index in [1.54, 1.807) is 12.1 Å². The van der Waals surface area contributed by atoms with Gasteiger partial charge >= 0.3 is 7.12 Å². The molecule has 0 spiro atoms. The predicted octanol–water partition coefficient (Wildman–Crippen LogP) is 8.21. The van der Waals surface area contributed by atoms with Gasteiger partial charge in [0.25, 0.3) is 0 Å². The first-order valence-electron chi connectivity index (χ1n) is 16.8. The van der Waals surface area contributed by atoms with Crippen LogP contribution < -0.4 is 11.5 Å². The monoisotopic (exact) mass is 832 g/mol. The second-order valence-corrected chi connectivity index (χ2v) is 13.7. The Morgan fingerprint density at radius 3 is 1.63 bits per heavy atom. The van der Waals surface area contributed by atoms with E-state index in [-0.39, 0.29) is 0 Å². The van der Waals surface area contributed by atoms with E-state index in [0.717, 1.165) is 93.1 Å². The summed E-state index contributed by atoms with van der Waals surface area (Å²) in [5.74, 6) is 2.41. The molecule has 0 fully saturated rings. The fourth-order valence-corrected chi connectivity index (χ4v) is 6.88. The molecule has 54 heavy (non-hydrogen) atoms. The van der Waals surface area contributed by atoms with Crippen molar-refractivity contribution in [1.29, 1.82) is 0 Å². The lowest BCUT2D eigenvalue weighted by atomic mass is 9.76. The number of aromatic amines is 2. The number of aromatic nitrogens is 6. The number of nitrogens with two attached hydrogens (primary N) is 2. The number of hydrogen-bond acceptors (Lipinski definition) is 10. The lowest BCUT2D eigenvalue weighted by Crippen LogP contribution is -2.12. The van der Waals surface area contributed by atoms with Crippen LogP contribution >= 0.6 is 22.6 Å². The molecule has 8 N–H and O–H groups in total. The van der Waals surface area contributed by atoms with Gasteiger partial charge < -0.3 is 40.5 Å². The van der Waals surface area contributed by atoms with Gasteiger partial charge in [-0.1, -0.05) is 84.1 Å². The molecule has 0 atom stereocenters. The van der Waals surface area contributed by atoms with Crippen molar-refractivity contribution < 1.29 is 19.1 Å². The maximum absolute atomic E-state index is 8.73. The molecule has 0 aliphatic rings. The van der Waals surface area contributed by atoms with Crippen molar-refractivity contribution in [2.75, 3.05) is 11.5 Å². The van der Waals surface area contributed by atoms with E-state index in [9.17, 15) is 0 Å². The summed E-state index contributed by atoms with van der Waals surface area (Å²) in [6.07, 6.45) is 0. The Balaban J connectivity index is 0.000000150. The van der Waals surface area contributed by atoms with Crippen LogP contribution in [-0.2, 0) is 0 Å². The molecule has 0 saturated carbocycles. The summed E-state index contributed by atoms with van der Waals surface area (Å²) in [7, 11) is -1.46. The highest BCUT2D eigenvalue weighted by molar-refractivity contribution is 14.1. The van der Waals surface area contributed by atoms with E-state index in [0.29, 0.717) is 17.4 Å². The fraction of sp³-hybridized carbons (Fsp3) is 0.100. The van der Waals surface area contributed by atoms with E-state index in [1.807, 2.05) is 88.4 Å². The van der Waals surface area contributed by atoms with Crippen molar-refractivity contribution in [1.82, 2.24) is 30.2 Å². The molecule has 14 heteroatoms. The van der Waals surface area contributed by atoms with Crippen LogP contribution in [0.2, 0.25) is 0 Å². The lowest BCUT2D eigenvalue weighted by molar-refractivity contribution is 0.393. The molecule has 8 rings (SSSR count). The Labute approximate surface area is 325 Å². The van der Waals surface area contributed by atoms with E-state index < -0.39 is 7.12 Å². The third kappa shape index (κ3) is 8.00. The molecule has 0 saturated heterocycles. The van der Waals surface area contributed by atoms with Crippen LogP contribution in [0.3, 0.4) is 0 Å². The Morgan fingerprint density at radius 1 is 0.685 bits per heavy atom. The quantitative estimate of drug-likeness (QED) is 0.0700. The molecule has 0 aliphatic carbocycles. The van der Waals surface area contributed by atoms with Crippen molar-refractivity contribution >= 4 is 74.7 Å². The van der Waals surface area contributed by atoms with Gasteiger partial charge in [-0.15, -0.1) is 0 Å². The standard InChI is InChI=1S/C20H18N4O.C12H11IN4O.C8H9BO2/c1-11(14-7-5-4-6-8-14)16-9-15(18-12(2)24-25-13(18)3)10-17-19(16)23-20(21)22-17;1-5-10(6(2)18-17-5)7-3-8(13)11-9(4-7)15-12(14)16-11;1-7(9(10)11)8-5-3-2-4-6-8/h4-10H,1H2,2-3H3,(H3,21,22,23);3-4H,1-2H3,(H3,14,15,16);2-6,10-11H,1H2. The van der Waals surface area contributed by atoms with Gasteiger partial charge in [0.1, 0.15) is 17.0 Å². The second-order valence-electron chi connectivity index (χ2n) is 12.5. The number of hydrogen-bond donors (Lipinski definition) is 6. The molecule has 4 aromatic heterocycles. The second kappa shape index (κ2) is 16.0. The van der Waals surface area contributed by atoms with Gasteiger partial charge in [-0.25, -0.2) is 9.97 Å². The van der Waals surface area contributed by atoms with Crippen LogP contribution in [0.25, 0.3) is 55.4 Å². The highest BCUT2D eigenvalue weighted by Gasteiger charge is 2.18. The summed E-state index contributed by atoms with van der Waals surface area (Å²) in [6, 6.07) is 27.3. The number of nitrogen functional groups attached to an aromatic ring is 2. The minimum Gasteiger partial charge on any atom is -0.423 e. The number of aryl methyl sites for hydroxylation is 4. The van der Waals surface area contributed by atoms with Crippen molar-refractivity contribution in [2.24, 2.45) is 0 Å². The van der Waals surface area contributed by atoms with Crippen LogP contribution in [0, 0.1) is 31.3 Å². The first-order chi connectivity index (χ1) is 25.8. The van der Waals surface area contributed by atoms with Gasteiger partial charge in [0.15, 0.2) is 11.9 Å². The van der Waals surface area contributed by atoms with Gasteiger partial charge in [0.2, 0.25) is 0 Å². The third-order valence-corrected chi connectivity index (χ3v) is 9.53. The van der Waals surface area contributed by atoms with Crippen LogP contribution in [0.5, 0.6) is 0 Å². The average molecular weight is 833 g/mol. The van der Waals surface area contributed by atoms with Gasteiger partial charge in [0.05, 0.1) is 27.9 Å². The van der Waals surface area contributed by atoms with E-state index in [4.69, 9.17) is 30.6 Å². The minimum atomic E-state index is -1.46. The smallest absolute Gasteiger partial charge is 0.423 e. The summed E-state index contributed by atoms with van der Waals surface area (Å²) in [6.45, 7) is 15.5. The molecule has 0 radical (unpaired) electrons. The van der Waals surface area contributed by atoms with Crippen LogP contribution in [0.4, 0.5) is 11.9 Å². The zero-order chi connectivity index (χ0) is 38.7. The zero-order valence-corrected chi connectivity index (χ0v) is 32.3. The highest BCUT2D eigenvalue weighted by Crippen LogP contribution is 2.36. The van der Waals surface area contributed by atoms with Crippen LogP contribution in [0.15, 0.2) is 107 Å². The van der Waals surface area contributed by atoms with Crippen molar-refractivity contribution in [2.45, 2.75) is 27.7 Å². The van der Waals surface area contributed by atoms with Crippen molar-refractivity contribution in [3.05, 3.63) is 141 Å².